The van der Waals surface area contributed by atoms with Gasteiger partial charge in [-0.25, -0.2) is 0 Å². The van der Waals surface area contributed by atoms with Gasteiger partial charge in [0.15, 0.2) is 11.5 Å². The SMILES string of the molecule is N[C@@H]1C(=O)N(c2ccc3c(c2)OCCO3)[C@@H]1c1ccc(C(F)(F)F)cc1. The third kappa shape index (κ3) is 2.66. The van der Waals surface area contributed by atoms with E-state index in [1.54, 1.807) is 18.2 Å². The van der Waals surface area contributed by atoms with Gasteiger partial charge in [0, 0.05) is 11.8 Å². The summed E-state index contributed by atoms with van der Waals surface area (Å²) >= 11 is 0. The summed E-state index contributed by atoms with van der Waals surface area (Å²) in [6.45, 7) is 0.861. The molecule has 2 N–H and O–H groups in total. The van der Waals surface area contributed by atoms with Crippen LogP contribution in [0.5, 0.6) is 11.5 Å². The molecule has 1 amide bonds. The average molecular weight is 364 g/mol. The predicted octanol–water partition coefficient (Wildman–Crippen LogP) is 2.89. The first kappa shape index (κ1) is 16.7. The number of anilines is 1. The van der Waals surface area contributed by atoms with Crippen LogP contribution in [0.4, 0.5) is 18.9 Å². The molecule has 2 atom stereocenters. The molecular formula is C18H15F3N2O3. The Morgan fingerprint density at radius 2 is 1.65 bits per heavy atom. The fourth-order valence-electron chi connectivity index (χ4n) is 3.21. The van der Waals surface area contributed by atoms with E-state index >= 15 is 0 Å². The highest BCUT2D eigenvalue weighted by atomic mass is 19.4. The Labute approximate surface area is 147 Å². The molecule has 0 unspecified atom stereocenters. The Morgan fingerprint density at radius 1 is 1.00 bits per heavy atom. The monoisotopic (exact) mass is 364 g/mol. The highest BCUT2D eigenvalue weighted by Gasteiger charge is 2.47. The minimum absolute atomic E-state index is 0.299. The lowest BCUT2D eigenvalue weighted by atomic mass is 9.88. The van der Waals surface area contributed by atoms with Crippen molar-refractivity contribution in [2.45, 2.75) is 18.3 Å². The third-order valence-corrected chi connectivity index (χ3v) is 4.52. The molecular weight excluding hydrogens is 349 g/mol. The minimum Gasteiger partial charge on any atom is -0.486 e. The Hall–Kier alpha value is -2.74. The molecule has 0 bridgehead atoms. The van der Waals surface area contributed by atoms with Crippen molar-refractivity contribution in [3.8, 4) is 11.5 Å². The summed E-state index contributed by atoms with van der Waals surface area (Å²) in [7, 11) is 0. The molecule has 8 heteroatoms. The van der Waals surface area contributed by atoms with Gasteiger partial charge in [-0.15, -0.1) is 0 Å². The number of alkyl halides is 3. The Morgan fingerprint density at radius 3 is 2.31 bits per heavy atom. The van der Waals surface area contributed by atoms with E-state index in [2.05, 4.69) is 0 Å². The van der Waals surface area contributed by atoms with E-state index in [0.717, 1.165) is 12.1 Å². The lowest BCUT2D eigenvalue weighted by molar-refractivity contribution is -0.137. The third-order valence-electron chi connectivity index (χ3n) is 4.52. The number of nitrogens with zero attached hydrogens (tertiary/aromatic N) is 1. The second kappa shape index (κ2) is 5.91. The van der Waals surface area contributed by atoms with Crippen molar-refractivity contribution in [3.63, 3.8) is 0 Å². The highest BCUT2D eigenvalue weighted by molar-refractivity contribution is 6.05. The summed E-state index contributed by atoms with van der Waals surface area (Å²) in [6.07, 6.45) is -4.41. The van der Waals surface area contributed by atoms with E-state index in [1.165, 1.54) is 17.0 Å². The van der Waals surface area contributed by atoms with Crippen molar-refractivity contribution >= 4 is 11.6 Å². The molecule has 0 aromatic heterocycles. The molecule has 4 rings (SSSR count). The second-order valence-corrected chi connectivity index (χ2v) is 6.13. The van der Waals surface area contributed by atoms with Crippen molar-refractivity contribution in [3.05, 3.63) is 53.6 Å². The van der Waals surface area contributed by atoms with Gasteiger partial charge in [0.05, 0.1) is 11.6 Å². The number of halogens is 3. The molecule has 136 valence electrons. The van der Waals surface area contributed by atoms with Crippen LogP contribution in [0.25, 0.3) is 0 Å². The average Bonchev–Trinajstić information content (AvgIpc) is 2.64. The van der Waals surface area contributed by atoms with Crippen molar-refractivity contribution < 1.29 is 27.4 Å². The van der Waals surface area contributed by atoms with Crippen molar-refractivity contribution in [1.82, 2.24) is 0 Å². The number of ether oxygens (including phenoxy) is 2. The smallest absolute Gasteiger partial charge is 0.416 e. The molecule has 26 heavy (non-hydrogen) atoms. The standard InChI is InChI=1S/C18H15F3N2O3/c19-18(20,21)11-3-1-10(2-4-11)16-15(22)17(24)23(16)12-5-6-13-14(9-12)26-8-7-25-13/h1-6,9,15-16H,7-8,22H2/t15-,16+/m0/s1. The molecule has 1 fully saturated rings. The Balaban J connectivity index is 1.65. The second-order valence-electron chi connectivity index (χ2n) is 6.13. The normalized spacial score (nSPS) is 22.2. The Bertz CT molecular complexity index is 852. The minimum atomic E-state index is -4.41. The van der Waals surface area contributed by atoms with Gasteiger partial charge in [0.2, 0.25) is 5.91 Å². The quantitative estimate of drug-likeness (QED) is 0.833. The van der Waals surface area contributed by atoms with Gasteiger partial charge < -0.3 is 20.1 Å². The summed E-state index contributed by atoms with van der Waals surface area (Å²) in [5, 5.41) is 0. The first-order valence-electron chi connectivity index (χ1n) is 8.02. The number of carbonyl (C=O) groups excluding carboxylic acids is 1. The Kier molecular flexibility index (Phi) is 3.80. The molecule has 2 aliphatic rings. The fourth-order valence-corrected chi connectivity index (χ4v) is 3.21. The molecule has 0 radical (unpaired) electrons. The number of nitrogens with two attached hydrogens (primary N) is 1. The van der Waals surface area contributed by atoms with Gasteiger partial charge in [0.25, 0.3) is 0 Å². The summed E-state index contributed by atoms with van der Waals surface area (Å²) in [5.41, 5.74) is 6.28. The van der Waals surface area contributed by atoms with E-state index in [4.69, 9.17) is 15.2 Å². The van der Waals surface area contributed by atoms with Gasteiger partial charge in [-0.2, -0.15) is 13.2 Å². The number of hydrogen-bond acceptors (Lipinski definition) is 4. The van der Waals surface area contributed by atoms with Crippen LogP contribution >= 0.6 is 0 Å². The van der Waals surface area contributed by atoms with Crippen LogP contribution in [-0.4, -0.2) is 25.2 Å². The van der Waals surface area contributed by atoms with Gasteiger partial charge in [-0.05, 0) is 29.8 Å². The van der Waals surface area contributed by atoms with Crippen LogP contribution < -0.4 is 20.1 Å². The first-order chi connectivity index (χ1) is 12.4. The van der Waals surface area contributed by atoms with E-state index in [0.29, 0.717) is 36.0 Å². The molecule has 5 nitrogen and oxygen atoms in total. The molecule has 0 aliphatic carbocycles. The summed E-state index contributed by atoms with van der Waals surface area (Å²) < 4.78 is 49.2. The van der Waals surface area contributed by atoms with Crippen LogP contribution in [0.15, 0.2) is 42.5 Å². The van der Waals surface area contributed by atoms with Gasteiger partial charge >= 0.3 is 6.18 Å². The largest absolute Gasteiger partial charge is 0.486 e. The number of β-lactam (4-membered cyclic amide) rings is 1. The zero-order valence-electron chi connectivity index (χ0n) is 13.5. The molecule has 2 aromatic rings. The summed E-state index contributed by atoms with van der Waals surface area (Å²) in [4.78, 5) is 13.8. The van der Waals surface area contributed by atoms with Crippen LogP contribution in [0, 0.1) is 0 Å². The maximum Gasteiger partial charge on any atom is 0.416 e. The zero-order chi connectivity index (χ0) is 18.5. The number of hydrogen-bond donors (Lipinski definition) is 1. The molecule has 2 heterocycles. The van der Waals surface area contributed by atoms with E-state index in [9.17, 15) is 18.0 Å². The maximum atomic E-state index is 12.7. The molecule has 0 spiro atoms. The van der Waals surface area contributed by atoms with Gasteiger partial charge in [-0.3, -0.25) is 4.79 Å². The van der Waals surface area contributed by atoms with Crippen molar-refractivity contribution in [2.24, 2.45) is 5.73 Å². The molecule has 1 saturated heterocycles. The van der Waals surface area contributed by atoms with Crippen molar-refractivity contribution in [2.75, 3.05) is 18.1 Å². The lowest BCUT2D eigenvalue weighted by Gasteiger charge is -2.45. The summed E-state index contributed by atoms with van der Waals surface area (Å²) in [6, 6.07) is 8.43. The van der Waals surface area contributed by atoms with E-state index in [1.807, 2.05) is 0 Å². The van der Waals surface area contributed by atoms with E-state index in [-0.39, 0.29) is 5.91 Å². The van der Waals surface area contributed by atoms with Crippen LogP contribution in [0.3, 0.4) is 0 Å². The van der Waals surface area contributed by atoms with Crippen molar-refractivity contribution in [1.29, 1.82) is 0 Å². The van der Waals surface area contributed by atoms with Gasteiger partial charge in [-0.1, -0.05) is 12.1 Å². The van der Waals surface area contributed by atoms with Crippen LogP contribution in [0.1, 0.15) is 17.2 Å². The lowest BCUT2D eigenvalue weighted by Crippen LogP contribution is -2.63. The number of amides is 1. The number of fused-ring (bicyclic) bond motifs is 1. The van der Waals surface area contributed by atoms with Crippen LogP contribution in [-0.2, 0) is 11.0 Å². The summed E-state index contributed by atoms with van der Waals surface area (Å²) in [5.74, 6) is 0.808. The predicted molar refractivity (Wildman–Crippen MR) is 87.1 cm³/mol. The number of rotatable bonds is 2. The highest BCUT2D eigenvalue weighted by Crippen LogP contribution is 2.42. The molecule has 0 saturated carbocycles. The zero-order valence-corrected chi connectivity index (χ0v) is 13.5. The first-order valence-corrected chi connectivity index (χ1v) is 8.02. The number of benzene rings is 2. The van der Waals surface area contributed by atoms with E-state index < -0.39 is 23.8 Å². The fraction of sp³-hybridized carbons (Fsp3) is 0.278. The molecule has 2 aromatic carbocycles. The number of carbonyl (C=O) groups is 1. The van der Waals surface area contributed by atoms with Crippen LogP contribution in [0.2, 0.25) is 0 Å². The molecule has 2 aliphatic heterocycles. The maximum absolute atomic E-state index is 12.7. The topological polar surface area (TPSA) is 64.8 Å². The van der Waals surface area contributed by atoms with Gasteiger partial charge in [0.1, 0.15) is 19.3 Å².